The van der Waals surface area contributed by atoms with Crippen molar-refractivity contribution in [2.75, 3.05) is 0 Å². The summed E-state index contributed by atoms with van der Waals surface area (Å²) in [6.45, 7) is 5.02. The molecule has 2 aromatic carbocycles. The second kappa shape index (κ2) is 7.90. The van der Waals surface area contributed by atoms with E-state index in [2.05, 4.69) is 15.6 Å². The number of imide groups is 1. The van der Waals surface area contributed by atoms with Gasteiger partial charge < -0.3 is 10.1 Å². The zero-order valence-electron chi connectivity index (χ0n) is 17.9. The van der Waals surface area contributed by atoms with Gasteiger partial charge in [-0.05, 0) is 57.2 Å². The molecule has 8 nitrogen and oxygen atoms in total. The van der Waals surface area contributed by atoms with Gasteiger partial charge in [-0.15, -0.1) is 0 Å². The Morgan fingerprint density at radius 3 is 2.44 bits per heavy atom. The van der Waals surface area contributed by atoms with Crippen LogP contribution in [0.1, 0.15) is 25.1 Å². The lowest BCUT2D eigenvalue weighted by atomic mass is 9.99. The zero-order chi connectivity index (χ0) is 23.1. The van der Waals surface area contributed by atoms with Crippen molar-refractivity contribution in [2.45, 2.75) is 43.1 Å². The van der Waals surface area contributed by atoms with Crippen molar-refractivity contribution in [1.29, 1.82) is 0 Å². The molecule has 1 aromatic heterocycles. The van der Waals surface area contributed by atoms with Gasteiger partial charge in [0.25, 0.3) is 5.91 Å². The van der Waals surface area contributed by atoms with Gasteiger partial charge in [-0.2, -0.15) is 0 Å². The van der Waals surface area contributed by atoms with Crippen LogP contribution in [0.25, 0.3) is 10.9 Å². The van der Waals surface area contributed by atoms with Crippen LogP contribution in [-0.2, 0) is 21.2 Å². The first-order chi connectivity index (χ1) is 15.1. The molecule has 0 saturated carbocycles. The molecular weight excluding hydrogens is 430 g/mol. The minimum atomic E-state index is -3.89. The zero-order valence-corrected chi connectivity index (χ0v) is 18.7. The highest BCUT2D eigenvalue weighted by molar-refractivity contribution is 7.92. The fourth-order valence-corrected chi connectivity index (χ4v) is 5.47. The number of ether oxygens (including phenoxy) is 1. The molecule has 0 bridgehead atoms. The first-order valence-electron chi connectivity index (χ1n) is 10.1. The summed E-state index contributed by atoms with van der Waals surface area (Å²) in [4.78, 5) is 28.2. The molecule has 3 amide bonds. The lowest BCUT2D eigenvalue weighted by Crippen LogP contribution is -2.55. The summed E-state index contributed by atoms with van der Waals surface area (Å²) in [6, 6.07) is 15.1. The van der Waals surface area contributed by atoms with Crippen molar-refractivity contribution in [1.82, 2.24) is 15.6 Å². The van der Waals surface area contributed by atoms with Crippen molar-refractivity contribution in [2.24, 2.45) is 0 Å². The number of aromatic nitrogens is 1. The number of carbonyl (C=O) groups excluding carboxylic acids is 2. The maximum atomic E-state index is 13.1. The van der Waals surface area contributed by atoms with Crippen molar-refractivity contribution in [3.63, 3.8) is 0 Å². The number of aryl methyl sites for hydroxylation is 1. The average molecular weight is 454 g/mol. The first-order valence-corrected chi connectivity index (χ1v) is 11.6. The average Bonchev–Trinajstić information content (AvgIpc) is 3.03. The SMILES string of the molecule is Cc1cc(COc2ccc(S(=O)(=O)C(C)C3(C)NC(=O)NC3=O)cc2)c2ccccc2n1. The van der Waals surface area contributed by atoms with E-state index in [9.17, 15) is 18.0 Å². The summed E-state index contributed by atoms with van der Waals surface area (Å²) < 4.78 is 32.0. The van der Waals surface area contributed by atoms with E-state index in [-0.39, 0.29) is 4.90 Å². The lowest BCUT2D eigenvalue weighted by Gasteiger charge is -2.28. The van der Waals surface area contributed by atoms with Crippen LogP contribution >= 0.6 is 0 Å². The minimum Gasteiger partial charge on any atom is -0.489 e. The number of benzene rings is 2. The van der Waals surface area contributed by atoms with E-state index < -0.39 is 32.6 Å². The Balaban J connectivity index is 1.52. The minimum absolute atomic E-state index is 0.0396. The number of hydrogen-bond acceptors (Lipinski definition) is 6. The Labute approximate surface area is 185 Å². The molecule has 3 aromatic rings. The van der Waals surface area contributed by atoms with Gasteiger partial charge in [0, 0.05) is 16.6 Å². The summed E-state index contributed by atoms with van der Waals surface area (Å²) in [5.41, 5.74) is 1.20. The van der Waals surface area contributed by atoms with Gasteiger partial charge in [0.05, 0.1) is 15.7 Å². The van der Waals surface area contributed by atoms with E-state index in [0.29, 0.717) is 12.4 Å². The van der Waals surface area contributed by atoms with Crippen LogP contribution < -0.4 is 15.4 Å². The molecule has 1 aliphatic rings. The van der Waals surface area contributed by atoms with Gasteiger partial charge >= 0.3 is 6.03 Å². The standard InChI is InChI=1S/C23H23N3O5S/c1-14-12-16(19-6-4-5-7-20(19)24-14)13-31-17-8-10-18(11-9-17)32(29,30)15(2)23(3)21(27)25-22(28)26-23/h4-12,15H,13H2,1-3H3,(H2,25,26,27,28). The number of pyridine rings is 1. The van der Waals surface area contributed by atoms with E-state index >= 15 is 0 Å². The fraction of sp³-hybridized carbons (Fsp3) is 0.261. The molecule has 4 rings (SSSR count). The molecule has 0 spiro atoms. The third kappa shape index (κ3) is 3.80. The first kappa shape index (κ1) is 21.8. The highest BCUT2D eigenvalue weighted by Gasteiger charge is 2.51. The van der Waals surface area contributed by atoms with E-state index in [1.54, 1.807) is 12.1 Å². The molecule has 0 aliphatic carbocycles. The largest absolute Gasteiger partial charge is 0.489 e. The molecule has 1 fully saturated rings. The maximum Gasteiger partial charge on any atom is 0.322 e. The van der Waals surface area contributed by atoms with E-state index in [4.69, 9.17) is 4.74 Å². The summed E-state index contributed by atoms with van der Waals surface area (Å²) in [7, 11) is -3.89. The van der Waals surface area contributed by atoms with Crippen molar-refractivity contribution < 1.29 is 22.7 Å². The summed E-state index contributed by atoms with van der Waals surface area (Å²) >= 11 is 0. The molecule has 0 radical (unpaired) electrons. The Morgan fingerprint density at radius 1 is 1.09 bits per heavy atom. The molecule has 2 N–H and O–H groups in total. The molecule has 166 valence electrons. The van der Waals surface area contributed by atoms with Crippen LogP contribution in [0.4, 0.5) is 4.79 Å². The summed E-state index contributed by atoms with van der Waals surface area (Å²) in [5.74, 6) is -0.160. The van der Waals surface area contributed by atoms with Crippen molar-refractivity contribution in [3.8, 4) is 5.75 Å². The number of sulfone groups is 1. The van der Waals surface area contributed by atoms with Crippen LogP contribution in [-0.4, -0.2) is 36.1 Å². The summed E-state index contributed by atoms with van der Waals surface area (Å²) in [6.07, 6.45) is 0. The van der Waals surface area contributed by atoms with E-state index in [0.717, 1.165) is 22.2 Å². The molecule has 2 heterocycles. The van der Waals surface area contributed by atoms with E-state index in [1.807, 2.05) is 37.3 Å². The molecule has 32 heavy (non-hydrogen) atoms. The molecule has 1 saturated heterocycles. The second-order valence-corrected chi connectivity index (χ2v) is 10.3. The quantitative estimate of drug-likeness (QED) is 0.555. The highest BCUT2D eigenvalue weighted by Crippen LogP contribution is 2.28. The van der Waals surface area contributed by atoms with Crippen LogP contribution in [0.3, 0.4) is 0 Å². The number of carbonyl (C=O) groups is 2. The van der Waals surface area contributed by atoms with Crippen LogP contribution in [0.5, 0.6) is 5.75 Å². The second-order valence-electron chi connectivity index (χ2n) is 8.00. The monoisotopic (exact) mass is 453 g/mol. The topological polar surface area (TPSA) is 114 Å². The Kier molecular flexibility index (Phi) is 5.37. The molecule has 9 heteroatoms. The number of urea groups is 1. The third-order valence-corrected chi connectivity index (χ3v) is 8.16. The van der Waals surface area contributed by atoms with Gasteiger partial charge in [0.1, 0.15) is 17.9 Å². The van der Waals surface area contributed by atoms with Crippen molar-refractivity contribution in [3.05, 3.63) is 65.9 Å². The number of rotatable bonds is 6. The number of para-hydroxylation sites is 1. The predicted molar refractivity (Wildman–Crippen MR) is 119 cm³/mol. The maximum absolute atomic E-state index is 13.1. The molecular formula is C23H23N3O5S. The smallest absolute Gasteiger partial charge is 0.322 e. The van der Waals surface area contributed by atoms with Gasteiger partial charge in [0.15, 0.2) is 9.84 Å². The summed E-state index contributed by atoms with van der Waals surface area (Å²) in [5, 5.41) is 4.34. The lowest BCUT2D eigenvalue weighted by molar-refractivity contribution is -0.123. The molecule has 1 aliphatic heterocycles. The number of nitrogens with one attached hydrogen (secondary N) is 2. The van der Waals surface area contributed by atoms with Gasteiger partial charge in [-0.25, -0.2) is 13.2 Å². The van der Waals surface area contributed by atoms with Gasteiger partial charge in [0.2, 0.25) is 0 Å². The molecule has 2 atom stereocenters. The number of fused-ring (bicyclic) bond motifs is 1. The molecule has 2 unspecified atom stereocenters. The number of hydrogen-bond donors (Lipinski definition) is 2. The Bertz CT molecular complexity index is 1320. The van der Waals surface area contributed by atoms with E-state index in [1.165, 1.54) is 26.0 Å². The Hall–Kier alpha value is -3.46. The van der Waals surface area contributed by atoms with Crippen molar-refractivity contribution >= 4 is 32.7 Å². The van der Waals surface area contributed by atoms with Gasteiger partial charge in [-0.3, -0.25) is 15.1 Å². The normalized spacial score (nSPS) is 19.5. The third-order valence-electron chi connectivity index (χ3n) is 5.83. The predicted octanol–water partition coefficient (Wildman–Crippen LogP) is 2.88. The van der Waals surface area contributed by atoms with Crippen LogP contribution in [0.15, 0.2) is 59.5 Å². The van der Waals surface area contributed by atoms with Gasteiger partial charge in [-0.1, -0.05) is 18.2 Å². The van der Waals surface area contributed by atoms with Crippen LogP contribution in [0.2, 0.25) is 0 Å². The highest BCUT2D eigenvalue weighted by atomic mass is 32.2. The Morgan fingerprint density at radius 2 is 1.78 bits per heavy atom. The number of amides is 3. The fourth-order valence-electron chi connectivity index (χ4n) is 3.76. The van der Waals surface area contributed by atoms with Crippen LogP contribution in [0, 0.1) is 6.92 Å². The number of nitrogens with zero attached hydrogens (tertiary/aromatic N) is 1.